The molecule has 6 nitrogen and oxygen atoms in total. The van der Waals surface area contributed by atoms with Gasteiger partial charge in [-0.1, -0.05) is 123 Å². The Kier molecular flexibility index (Phi) is 8.91. The van der Waals surface area contributed by atoms with Crippen molar-refractivity contribution in [2.45, 2.75) is 52.4 Å². The molecule has 321 valence electrons. The zero-order chi connectivity index (χ0) is 43.9. The van der Waals surface area contributed by atoms with Crippen molar-refractivity contribution in [1.82, 2.24) is 14.4 Å². The Morgan fingerprint density at radius 3 is 2.00 bits per heavy atom. The Morgan fingerprint density at radius 2 is 1.27 bits per heavy atom. The van der Waals surface area contributed by atoms with Crippen LogP contribution in [-0.2, 0) is 30.9 Å². The first kappa shape index (κ1) is 40.5. The van der Waals surface area contributed by atoms with Crippen LogP contribution in [0, 0.1) is 26.0 Å². The van der Waals surface area contributed by atoms with E-state index in [1.807, 2.05) is 18.3 Å². The Morgan fingerprint density at radius 1 is 0.606 bits per heavy atom. The third-order valence-corrected chi connectivity index (χ3v) is 15.1. The van der Waals surface area contributed by atoms with E-state index in [9.17, 15) is 0 Å². The molecule has 1 radical (unpaired) electrons. The van der Waals surface area contributed by atoms with E-state index >= 15 is 0 Å². The van der Waals surface area contributed by atoms with Crippen LogP contribution < -0.4 is 30.9 Å². The quantitative estimate of drug-likeness (QED) is 0.100. The second-order valence-electron chi connectivity index (χ2n) is 18.9. The van der Waals surface area contributed by atoms with Crippen molar-refractivity contribution in [3.05, 3.63) is 192 Å². The monoisotopic (exact) mass is 1030 g/mol. The van der Waals surface area contributed by atoms with Gasteiger partial charge in [0.05, 0.1) is 11.3 Å². The van der Waals surface area contributed by atoms with E-state index < -0.39 is 0 Å². The number of benzene rings is 7. The summed E-state index contributed by atoms with van der Waals surface area (Å²) in [5.74, 6) is 2.72. The minimum Gasteiger partial charge on any atom is -0.458 e. The maximum absolute atomic E-state index is 6.58. The van der Waals surface area contributed by atoms with Gasteiger partial charge in [-0.3, -0.25) is 4.98 Å². The van der Waals surface area contributed by atoms with Gasteiger partial charge in [-0.15, -0.1) is 41.2 Å². The third kappa shape index (κ3) is 5.40. The molecular formula is C58H44BIrN5O-2. The van der Waals surface area contributed by atoms with Crippen molar-refractivity contribution >= 4 is 84.7 Å². The molecule has 10 aromatic rings. The van der Waals surface area contributed by atoms with Gasteiger partial charge in [0.15, 0.2) is 6.71 Å². The number of aromatic nitrogens is 3. The number of hydrogen-bond acceptors (Lipinski definition) is 5. The van der Waals surface area contributed by atoms with Crippen LogP contribution in [0.5, 0.6) is 11.5 Å². The van der Waals surface area contributed by atoms with E-state index in [4.69, 9.17) is 14.7 Å². The average molecular weight is 1030 g/mol. The fourth-order valence-corrected chi connectivity index (χ4v) is 11.2. The van der Waals surface area contributed by atoms with Crippen LogP contribution in [0.4, 0.5) is 34.3 Å². The third-order valence-electron chi connectivity index (χ3n) is 15.1. The van der Waals surface area contributed by atoms with Gasteiger partial charge in [0.25, 0.3) is 0 Å². The van der Waals surface area contributed by atoms with Gasteiger partial charge < -0.3 is 18.9 Å². The number of aryl methyl sites for hydroxylation is 2. The van der Waals surface area contributed by atoms with E-state index in [1.165, 1.54) is 66.3 Å². The van der Waals surface area contributed by atoms with Crippen molar-refractivity contribution in [3.8, 4) is 22.8 Å². The molecule has 0 amide bonds. The standard InChI is InChI=1S/C31H21BN3O.C27H23N2.Ir/c1-19-17-28(33-18-20(19)2)35-23-12-6-11-22-29(23)32-30-24(34(22)21-9-4-3-5-10-21)13-7-15-26(30)36-27-16-8-14-25(35)31(27)32;1-26(2)21-16-10-15-19-18-13-8-9-14-20(18)25-28-22(17-11-6-5-7-12-17)24(27(26,3)4)29(25)23(19)21;/h3-11,13-18H,1-2H3;5-13,15-16H,1-4H3;/q2*-1;. The van der Waals surface area contributed by atoms with E-state index in [-0.39, 0.29) is 37.6 Å². The Hall–Kier alpha value is -6.99. The first-order valence-corrected chi connectivity index (χ1v) is 22.5. The number of anilines is 6. The van der Waals surface area contributed by atoms with E-state index in [1.54, 1.807) is 0 Å². The van der Waals surface area contributed by atoms with Crippen LogP contribution in [0.1, 0.15) is 50.1 Å². The first-order chi connectivity index (χ1) is 31.6. The summed E-state index contributed by atoms with van der Waals surface area (Å²) in [4.78, 5) is 14.7. The first-order valence-electron chi connectivity index (χ1n) is 22.5. The molecule has 14 rings (SSSR count). The molecule has 8 heteroatoms. The van der Waals surface area contributed by atoms with Crippen molar-refractivity contribution < 1.29 is 24.8 Å². The molecule has 66 heavy (non-hydrogen) atoms. The van der Waals surface area contributed by atoms with Gasteiger partial charge >= 0.3 is 0 Å². The summed E-state index contributed by atoms with van der Waals surface area (Å²) in [5.41, 5.74) is 18.8. The van der Waals surface area contributed by atoms with Gasteiger partial charge in [0.2, 0.25) is 0 Å². The molecule has 0 unspecified atom stereocenters. The van der Waals surface area contributed by atoms with Gasteiger partial charge in [0, 0.05) is 71.0 Å². The SMILES string of the molecule is CC1(C)c2cccc3c4ccc[c-]c4c4nc(-c5ccccc5)c(n4c23)C1(C)C.Cc1cnc(N2c3[c-]ccc4c3B3c5c(cccc52)Oc2cccc(c23)N4c2ccccc2)cc1C.[Ir]. The van der Waals surface area contributed by atoms with Crippen LogP contribution in [0.3, 0.4) is 0 Å². The van der Waals surface area contributed by atoms with E-state index in [0.717, 1.165) is 56.8 Å². The van der Waals surface area contributed by atoms with E-state index in [0.29, 0.717) is 0 Å². The number of imidazole rings is 1. The topological polar surface area (TPSA) is 45.9 Å². The normalized spacial score (nSPS) is 15.0. The largest absolute Gasteiger partial charge is 0.458 e. The number of fused-ring (bicyclic) bond motifs is 3. The maximum Gasteiger partial charge on any atom is 0.195 e. The van der Waals surface area contributed by atoms with Crippen LogP contribution in [0.15, 0.2) is 158 Å². The van der Waals surface area contributed by atoms with Crippen LogP contribution >= 0.6 is 0 Å². The Labute approximate surface area is 399 Å². The van der Waals surface area contributed by atoms with Crippen molar-refractivity contribution in [2.24, 2.45) is 0 Å². The van der Waals surface area contributed by atoms with Crippen molar-refractivity contribution in [2.75, 3.05) is 9.80 Å². The molecular weight excluding hydrogens is 986 g/mol. The fraction of sp³-hybridized carbons (Fsp3) is 0.138. The number of hydrogen-bond donors (Lipinski definition) is 0. The van der Waals surface area contributed by atoms with Crippen molar-refractivity contribution in [3.63, 3.8) is 0 Å². The summed E-state index contributed by atoms with van der Waals surface area (Å²) in [6.07, 6.45) is 1.96. The molecule has 7 heterocycles. The molecule has 0 aliphatic carbocycles. The summed E-state index contributed by atoms with van der Waals surface area (Å²) < 4.78 is 9.00. The average Bonchev–Trinajstić information content (AvgIpc) is 3.75. The molecule has 0 spiro atoms. The Balaban J connectivity index is 0.000000139. The molecule has 0 fully saturated rings. The molecule has 4 aliphatic heterocycles. The van der Waals surface area contributed by atoms with Crippen LogP contribution in [-0.4, -0.2) is 21.1 Å². The van der Waals surface area contributed by atoms with Gasteiger partial charge in [-0.05, 0) is 89.3 Å². The predicted octanol–water partition coefficient (Wildman–Crippen LogP) is 12.4. The maximum atomic E-state index is 6.58. The molecule has 4 aliphatic rings. The van der Waals surface area contributed by atoms with Gasteiger partial charge in [0.1, 0.15) is 17.3 Å². The summed E-state index contributed by atoms with van der Waals surface area (Å²) >= 11 is 0. The molecule has 0 bridgehead atoms. The number of ether oxygens (including phenoxy) is 1. The number of pyridine rings is 2. The minimum atomic E-state index is -0.0959. The number of nitrogens with zero attached hydrogens (tertiary/aromatic N) is 5. The van der Waals surface area contributed by atoms with Crippen LogP contribution in [0.25, 0.3) is 38.6 Å². The van der Waals surface area contributed by atoms with Crippen molar-refractivity contribution in [1.29, 1.82) is 0 Å². The smallest absolute Gasteiger partial charge is 0.195 e. The summed E-state index contributed by atoms with van der Waals surface area (Å²) in [5, 5.41) is 3.60. The summed E-state index contributed by atoms with van der Waals surface area (Å²) in [6.45, 7) is 13.8. The number of para-hydroxylation sites is 2. The van der Waals surface area contributed by atoms with Gasteiger partial charge in [-0.25, -0.2) is 4.98 Å². The van der Waals surface area contributed by atoms with Crippen LogP contribution in [0.2, 0.25) is 0 Å². The van der Waals surface area contributed by atoms with Gasteiger partial charge in [-0.2, -0.15) is 12.1 Å². The molecule has 7 aromatic carbocycles. The predicted molar refractivity (Wildman–Crippen MR) is 267 cm³/mol. The molecule has 0 saturated carbocycles. The number of rotatable bonds is 3. The zero-order valence-electron chi connectivity index (χ0n) is 37.6. The molecule has 3 aromatic heterocycles. The zero-order valence-corrected chi connectivity index (χ0v) is 40.0. The summed E-state index contributed by atoms with van der Waals surface area (Å²) in [6, 6.07) is 60.4. The molecule has 0 saturated heterocycles. The summed E-state index contributed by atoms with van der Waals surface area (Å²) in [7, 11) is 0. The Bertz CT molecular complexity index is 3640. The van der Waals surface area contributed by atoms with E-state index in [2.05, 4.69) is 207 Å². The second-order valence-corrected chi connectivity index (χ2v) is 18.9. The second kappa shape index (κ2) is 14.5. The molecule has 0 atom stereocenters. The minimum absolute atomic E-state index is 0. The molecule has 0 N–H and O–H groups in total. The fourth-order valence-electron chi connectivity index (χ4n) is 11.2.